The van der Waals surface area contributed by atoms with Gasteiger partial charge in [0.15, 0.2) is 0 Å². The Morgan fingerprint density at radius 2 is 1.89 bits per heavy atom. The first kappa shape index (κ1) is 17.5. The second-order valence-electron chi connectivity index (χ2n) is 8.12. The molecule has 3 atom stereocenters. The van der Waals surface area contributed by atoms with Crippen molar-refractivity contribution in [3.8, 4) is 5.75 Å². The lowest BCUT2D eigenvalue weighted by atomic mass is 9.75. The molecule has 0 spiro atoms. The van der Waals surface area contributed by atoms with E-state index in [-0.39, 0.29) is 23.4 Å². The second-order valence-corrected chi connectivity index (χ2v) is 8.12. The number of hydrogen-bond donors (Lipinski definition) is 1. The lowest BCUT2D eigenvalue weighted by molar-refractivity contribution is -0.00359. The number of likely N-dealkylation sites (tertiary alicyclic amines) is 1. The molecule has 1 amide bonds. The summed E-state index contributed by atoms with van der Waals surface area (Å²) in [5.74, 6) is 1.57. The van der Waals surface area contributed by atoms with Crippen LogP contribution < -0.4 is 10.3 Å². The lowest BCUT2D eigenvalue weighted by Crippen LogP contribution is -2.60. The molecule has 5 heterocycles. The number of pyridine rings is 1. The van der Waals surface area contributed by atoms with Gasteiger partial charge in [-0.2, -0.15) is 0 Å². The number of ether oxygens (including phenoxy) is 1. The van der Waals surface area contributed by atoms with Crippen molar-refractivity contribution in [2.24, 2.45) is 5.92 Å². The monoisotopic (exact) mass is 379 g/mol. The fourth-order valence-electron chi connectivity index (χ4n) is 5.55. The van der Waals surface area contributed by atoms with Crippen molar-refractivity contribution in [1.29, 1.82) is 0 Å². The van der Waals surface area contributed by atoms with Gasteiger partial charge in [-0.05, 0) is 55.6 Å². The number of benzene rings is 1. The van der Waals surface area contributed by atoms with Crippen LogP contribution in [0.15, 0.2) is 47.3 Å². The molecule has 4 aliphatic heterocycles. The van der Waals surface area contributed by atoms with Crippen molar-refractivity contribution in [2.75, 3.05) is 26.7 Å². The third-order valence-corrected chi connectivity index (χ3v) is 6.78. The highest BCUT2D eigenvalue weighted by Gasteiger charge is 2.54. The largest absolute Gasteiger partial charge is 0.497 e. The quantitative estimate of drug-likeness (QED) is 0.887. The van der Waals surface area contributed by atoms with Crippen LogP contribution in [-0.4, -0.2) is 59.5 Å². The summed E-state index contributed by atoms with van der Waals surface area (Å²) in [5, 5.41) is 0. The summed E-state index contributed by atoms with van der Waals surface area (Å²) >= 11 is 0. The lowest BCUT2D eigenvalue weighted by Gasteiger charge is -2.51. The van der Waals surface area contributed by atoms with Crippen molar-refractivity contribution in [1.82, 2.24) is 14.8 Å². The number of nitrogens with zero attached hydrogens (tertiary/aromatic N) is 2. The molecule has 6 nitrogen and oxygen atoms in total. The highest BCUT2D eigenvalue weighted by molar-refractivity contribution is 5.93. The number of aromatic nitrogens is 1. The number of hydrogen-bond acceptors (Lipinski definition) is 4. The molecule has 0 saturated carbocycles. The summed E-state index contributed by atoms with van der Waals surface area (Å²) in [6, 6.07) is 13.6. The first-order valence-electron chi connectivity index (χ1n) is 10.0. The van der Waals surface area contributed by atoms with E-state index in [1.54, 1.807) is 19.2 Å². The number of carbonyl (C=O) groups excluding carboxylic acids is 1. The minimum Gasteiger partial charge on any atom is -0.497 e. The summed E-state index contributed by atoms with van der Waals surface area (Å²) < 4.78 is 5.44. The normalized spacial score (nSPS) is 30.9. The van der Waals surface area contributed by atoms with Gasteiger partial charge in [0.05, 0.1) is 13.2 Å². The standard InChI is InChI=1S/C22H25N3O3/c1-28-16-5-2-4-15(12-16)17-13-25(22(27)18-6-3-7-19(26)23-18)20-14-8-10-24(11-9-14)21(17)20/h2-7,12,14,17,20-21H,8-11,13H2,1H3,(H,23,26)/t17-,20-,21-/m1/s1. The van der Waals surface area contributed by atoms with E-state index in [4.69, 9.17) is 4.74 Å². The smallest absolute Gasteiger partial charge is 0.270 e. The first-order chi connectivity index (χ1) is 13.7. The van der Waals surface area contributed by atoms with Crippen LogP contribution in [0.5, 0.6) is 5.75 Å². The molecule has 1 aromatic carbocycles. The molecule has 4 aliphatic rings. The third kappa shape index (κ3) is 2.75. The average Bonchev–Trinajstić information content (AvgIpc) is 3.17. The molecule has 2 aromatic rings. The fourth-order valence-corrected chi connectivity index (χ4v) is 5.55. The SMILES string of the molecule is COc1cccc([C@H]2CN(C(=O)c3cccc(=O)[nH]3)[C@@H]3C4CCN(CC4)[C@H]23)c1. The number of methoxy groups -OCH3 is 1. The van der Waals surface area contributed by atoms with E-state index < -0.39 is 0 Å². The van der Waals surface area contributed by atoms with Crippen LogP contribution >= 0.6 is 0 Å². The first-order valence-corrected chi connectivity index (χ1v) is 10.0. The Kier molecular flexibility index (Phi) is 4.23. The number of rotatable bonds is 3. The van der Waals surface area contributed by atoms with E-state index in [0.29, 0.717) is 24.2 Å². The summed E-state index contributed by atoms with van der Waals surface area (Å²) in [7, 11) is 1.68. The van der Waals surface area contributed by atoms with Gasteiger partial charge in [-0.3, -0.25) is 14.5 Å². The van der Waals surface area contributed by atoms with E-state index in [2.05, 4.69) is 22.0 Å². The van der Waals surface area contributed by atoms with Gasteiger partial charge in [-0.1, -0.05) is 18.2 Å². The van der Waals surface area contributed by atoms with Gasteiger partial charge in [0.2, 0.25) is 5.56 Å². The maximum atomic E-state index is 13.3. The molecule has 6 heteroatoms. The molecule has 1 N–H and O–H groups in total. The second kappa shape index (κ2) is 6.78. The molecular formula is C22H25N3O3. The highest BCUT2D eigenvalue weighted by atomic mass is 16.5. The Hall–Kier alpha value is -2.60. The van der Waals surface area contributed by atoms with Gasteiger partial charge in [0, 0.05) is 24.6 Å². The molecule has 4 saturated heterocycles. The average molecular weight is 379 g/mol. The minimum absolute atomic E-state index is 0.0631. The maximum absolute atomic E-state index is 13.3. The zero-order valence-corrected chi connectivity index (χ0v) is 16.0. The van der Waals surface area contributed by atoms with E-state index >= 15 is 0 Å². The van der Waals surface area contributed by atoms with Crippen LogP contribution in [-0.2, 0) is 0 Å². The summed E-state index contributed by atoms with van der Waals surface area (Å²) in [5.41, 5.74) is 1.37. The van der Waals surface area contributed by atoms with Crippen LogP contribution in [0.2, 0.25) is 0 Å². The van der Waals surface area contributed by atoms with Gasteiger partial charge in [-0.25, -0.2) is 0 Å². The fraction of sp³-hybridized carbons (Fsp3) is 0.455. The van der Waals surface area contributed by atoms with Crippen LogP contribution in [0.1, 0.15) is 34.8 Å². The third-order valence-electron chi connectivity index (χ3n) is 6.78. The maximum Gasteiger partial charge on any atom is 0.270 e. The van der Waals surface area contributed by atoms with Crippen molar-refractivity contribution in [2.45, 2.75) is 30.8 Å². The van der Waals surface area contributed by atoms with Crippen LogP contribution in [0.4, 0.5) is 0 Å². The molecule has 2 bridgehead atoms. The van der Waals surface area contributed by atoms with Gasteiger partial charge in [0.25, 0.3) is 5.91 Å². The van der Waals surface area contributed by atoms with Crippen molar-refractivity contribution >= 4 is 5.91 Å². The molecule has 0 radical (unpaired) electrons. The number of aromatic amines is 1. The molecule has 0 unspecified atom stereocenters. The van der Waals surface area contributed by atoms with Crippen LogP contribution in [0.25, 0.3) is 0 Å². The van der Waals surface area contributed by atoms with E-state index in [9.17, 15) is 9.59 Å². The number of carbonyl (C=O) groups is 1. The van der Waals surface area contributed by atoms with E-state index in [1.807, 2.05) is 17.0 Å². The van der Waals surface area contributed by atoms with Gasteiger partial charge >= 0.3 is 0 Å². The van der Waals surface area contributed by atoms with Crippen molar-refractivity contribution in [3.05, 3.63) is 64.1 Å². The zero-order chi connectivity index (χ0) is 19.3. The summed E-state index contributed by atoms with van der Waals surface area (Å²) in [6.07, 6.45) is 2.28. The minimum atomic E-state index is -0.236. The number of H-pyrrole nitrogens is 1. The molecule has 0 aliphatic carbocycles. The molecule has 28 heavy (non-hydrogen) atoms. The van der Waals surface area contributed by atoms with Crippen molar-refractivity contribution in [3.63, 3.8) is 0 Å². The molecule has 146 valence electrons. The van der Waals surface area contributed by atoms with Gasteiger partial charge < -0.3 is 14.6 Å². The molecule has 1 aromatic heterocycles. The Bertz CT molecular complexity index is 948. The van der Waals surface area contributed by atoms with E-state index in [1.165, 1.54) is 11.6 Å². The Morgan fingerprint density at radius 1 is 1.11 bits per heavy atom. The molecular weight excluding hydrogens is 354 g/mol. The zero-order valence-electron chi connectivity index (χ0n) is 16.0. The topological polar surface area (TPSA) is 65.6 Å². The Balaban J connectivity index is 1.53. The number of nitrogens with one attached hydrogen (secondary N) is 1. The van der Waals surface area contributed by atoms with E-state index in [0.717, 1.165) is 31.7 Å². The Labute approximate surface area is 164 Å². The van der Waals surface area contributed by atoms with Crippen LogP contribution in [0.3, 0.4) is 0 Å². The Morgan fingerprint density at radius 3 is 2.64 bits per heavy atom. The summed E-state index contributed by atoms with van der Waals surface area (Å²) in [6.45, 7) is 2.89. The van der Waals surface area contributed by atoms with Gasteiger partial charge in [-0.15, -0.1) is 0 Å². The highest BCUT2D eigenvalue weighted by Crippen LogP contribution is 2.47. The molecule has 4 fully saturated rings. The predicted octanol–water partition coefficient (Wildman–Crippen LogP) is 2.09. The number of piperidine rings is 3. The van der Waals surface area contributed by atoms with Crippen molar-refractivity contribution < 1.29 is 9.53 Å². The summed E-state index contributed by atoms with van der Waals surface area (Å²) in [4.78, 5) is 32.4. The molecule has 6 rings (SSSR count). The number of fused-ring (bicyclic) bond motifs is 2. The van der Waals surface area contributed by atoms with Gasteiger partial charge in [0.1, 0.15) is 11.4 Å². The van der Waals surface area contributed by atoms with Crippen LogP contribution in [0, 0.1) is 5.92 Å². The predicted molar refractivity (Wildman–Crippen MR) is 106 cm³/mol. The number of amides is 1.